The van der Waals surface area contributed by atoms with Crippen LogP contribution in [-0.2, 0) is 23.1 Å². The third kappa shape index (κ3) is 3.91. The van der Waals surface area contributed by atoms with Crippen LogP contribution in [0.5, 0.6) is 0 Å². The molecule has 0 radical (unpaired) electrons. The zero-order chi connectivity index (χ0) is 18.8. The summed E-state index contributed by atoms with van der Waals surface area (Å²) in [5, 5.41) is 68.3. The van der Waals surface area contributed by atoms with Gasteiger partial charge in [-0.3, -0.25) is 0 Å². The van der Waals surface area contributed by atoms with Crippen LogP contribution in [0.1, 0.15) is 0 Å². The molecule has 0 spiro atoms. The maximum Gasteiger partial charge on any atom is 0.487 e. The number of hydrogen-bond donors (Lipinski definition) is 7. The lowest BCUT2D eigenvalue weighted by Gasteiger charge is -2.43. The van der Waals surface area contributed by atoms with E-state index in [4.69, 9.17) is 19.3 Å². The van der Waals surface area contributed by atoms with Crippen molar-refractivity contribution in [2.45, 2.75) is 54.8 Å². The van der Waals surface area contributed by atoms with Gasteiger partial charge in [-0.05, 0) is 0 Å². The molecule has 2 fully saturated rings. The van der Waals surface area contributed by atoms with Crippen molar-refractivity contribution in [3.05, 3.63) is 0 Å². The molecule has 0 aromatic carbocycles. The van der Waals surface area contributed by atoms with Gasteiger partial charge in [-0.2, -0.15) is 0 Å². The number of rotatable bonds is 7. The minimum Gasteiger partial charge on any atom is -0.523 e. The molecule has 0 unspecified atom stereocenters. The number of aliphatic hydroxyl groups excluding tert-OH is 7. The lowest BCUT2D eigenvalue weighted by atomic mass is 9.99. The molecule has 0 aromatic rings. The highest BCUT2D eigenvalue weighted by Crippen LogP contribution is 2.35. The van der Waals surface area contributed by atoms with E-state index in [0.717, 1.165) is 0 Å². The lowest BCUT2D eigenvalue weighted by Crippen LogP contribution is -2.62. The van der Waals surface area contributed by atoms with Crippen LogP contribution in [0.25, 0.3) is 0 Å². The summed E-state index contributed by atoms with van der Waals surface area (Å²) in [7, 11) is -1.60. The predicted octanol–water partition coefficient (Wildman–Crippen LogP) is -5.67. The maximum atomic E-state index is 10.5. The van der Waals surface area contributed by atoms with Crippen molar-refractivity contribution in [2.75, 3.05) is 19.8 Å². The van der Waals surface area contributed by atoms with Crippen molar-refractivity contribution in [1.82, 2.24) is 0 Å². The molecule has 2 aliphatic rings. The molecular formula is C12H22O12Si. The third-order valence-electron chi connectivity index (χ3n) is 4.22. The molecule has 2 heterocycles. The fraction of sp³-hybridized carbons (Fsp3) is 1.00. The van der Waals surface area contributed by atoms with Crippen molar-refractivity contribution >= 4 is 9.65 Å². The average molecular weight is 386 g/mol. The van der Waals surface area contributed by atoms with Crippen LogP contribution in [0.3, 0.4) is 0 Å². The van der Waals surface area contributed by atoms with Crippen LogP contribution < -0.4 is 0 Å². The monoisotopic (exact) mass is 386 g/mol. The summed E-state index contributed by atoms with van der Waals surface area (Å²) in [6.07, 6.45) is -12.7. The second-order valence-electron chi connectivity index (χ2n) is 5.81. The number of ether oxygens (including phenoxy) is 3. The van der Waals surface area contributed by atoms with Crippen molar-refractivity contribution in [1.29, 1.82) is 0 Å². The molecule has 146 valence electrons. The van der Waals surface area contributed by atoms with Gasteiger partial charge in [0.2, 0.25) is 5.79 Å². The summed E-state index contributed by atoms with van der Waals surface area (Å²) in [5.74, 6) is -2.24. The molecule has 0 aliphatic carbocycles. The standard InChI is InChI=1S/C12H22O12Si/c13-1-4-7(16)10(19)12(3-14,23-4)24-11-9(18)8(17)6(15)5(22-11)2-21-25-20/h4-11,13-19,25H,1-3H2/t4-,5-,6-,7-,8+,9-,10+,11-,12+/m1/s1. The SMILES string of the molecule is O=[SiH]OC[C@H]1O[C@H](O[C@]2(CO)O[C@H](CO)[C@@H](O)[C@@H]2O)[C@H](O)[C@@H](O)[C@@H]1O. The van der Waals surface area contributed by atoms with Crippen LogP contribution in [0.2, 0.25) is 0 Å². The Labute approximate surface area is 144 Å². The van der Waals surface area contributed by atoms with Gasteiger partial charge < -0.3 is 58.8 Å². The lowest BCUT2D eigenvalue weighted by molar-refractivity contribution is -0.383. The van der Waals surface area contributed by atoms with E-state index in [2.05, 4.69) is 4.43 Å². The topological polar surface area (TPSA) is 196 Å². The quantitative estimate of drug-likeness (QED) is 0.205. The Hall–Kier alpha value is -0.583. The molecule has 25 heavy (non-hydrogen) atoms. The van der Waals surface area contributed by atoms with Crippen LogP contribution in [0.4, 0.5) is 0 Å². The molecule has 0 bridgehead atoms. The first kappa shape index (κ1) is 20.7. The molecule has 0 saturated carbocycles. The smallest absolute Gasteiger partial charge is 0.487 e. The number of aliphatic hydroxyl groups is 7. The van der Waals surface area contributed by atoms with Gasteiger partial charge in [0.1, 0.15) is 55.9 Å². The maximum absolute atomic E-state index is 10.5. The van der Waals surface area contributed by atoms with Gasteiger partial charge in [0.15, 0.2) is 6.29 Å². The van der Waals surface area contributed by atoms with Crippen LogP contribution >= 0.6 is 0 Å². The van der Waals surface area contributed by atoms with Gasteiger partial charge in [-0.25, -0.2) is 0 Å². The summed E-state index contributed by atoms with van der Waals surface area (Å²) in [6.45, 7) is -2.03. The first-order valence-corrected chi connectivity index (χ1v) is 8.44. The molecule has 0 aromatic heterocycles. The van der Waals surface area contributed by atoms with E-state index < -0.39 is 77.7 Å². The molecule has 2 rings (SSSR count). The summed E-state index contributed by atoms with van der Waals surface area (Å²) in [5.41, 5.74) is 0. The minimum absolute atomic E-state index is 0.374. The zero-order valence-electron chi connectivity index (χ0n) is 13.0. The molecule has 7 N–H and O–H groups in total. The highest BCUT2D eigenvalue weighted by atomic mass is 28.2. The highest BCUT2D eigenvalue weighted by molar-refractivity contribution is 6.06. The van der Waals surface area contributed by atoms with Gasteiger partial charge in [0.05, 0.1) is 6.61 Å². The van der Waals surface area contributed by atoms with Gasteiger partial charge in [-0.1, -0.05) is 0 Å². The van der Waals surface area contributed by atoms with Gasteiger partial charge in [0.25, 0.3) is 0 Å². The molecule has 13 heteroatoms. The van der Waals surface area contributed by atoms with Gasteiger partial charge in [0, 0.05) is 0 Å². The Balaban J connectivity index is 2.16. The first-order chi connectivity index (χ1) is 11.8. The van der Waals surface area contributed by atoms with Gasteiger partial charge in [-0.15, -0.1) is 0 Å². The molecule has 2 aliphatic heterocycles. The second kappa shape index (κ2) is 8.41. The van der Waals surface area contributed by atoms with Crippen LogP contribution in [0.15, 0.2) is 0 Å². The third-order valence-corrected chi connectivity index (χ3v) is 4.55. The van der Waals surface area contributed by atoms with Crippen molar-refractivity contribution in [2.24, 2.45) is 0 Å². The Morgan fingerprint density at radius 2 is 1.64 bits per heavy atom. The average Bonchev–Trinajstić information content (AvgIpc) is 2.86. The molecular weight excluding hydrogens is 364 g/mol. The summed E-state index contributed by atoms with van der Waals surface area (Å²) < 4.78 is 30.8. The highest BCUT2D eigenvalue weighted by Gasteiger charge is 2.58. The molecule has 9 atom stereocenters. The Morgan fingerprint density at radius 1 is 0.960 bits per heavy atom. The van der Waals surface area contributed by atoms with E-state index >= 15 is 0 Å². The number of hydrogen-bond acceptors (Lipinski definition) is 12. The first-order valence-electron chi connectivity index (χ1n) is 7.49. The Bertz CT molecular complexity index is 454. The van der Waals surface area contributed by atoms with E-state index in [1.165, 1.54) is 0 Å². The van der Waals surface area contributed by atoms with E-state index in [1.54, 1.807) is 0 Å². The Morgan fingerprint density at radius 3 is 2.16 bits per heavy atom. The van der Waals surface area contributed by atoms with E-state index in [-0.39, 0.29) is 6.61 Å². The Kier molecular flexibility index (Phi) is 6.97. The zero-order valence-corrected chi connectivity index (χ0v) is 14.1. The predicted molar refractivity (Wildman–Crippen MR) is 75.3 cm³/mol. The van der Waals surface area contributed by atoms with Crippen LogP contribution in [-0.4, -0.2) is 120 Å². The molecule has 0 amide bonds. The minimum atomic E-state index is -2.24. The van der Waals surface area contributed by atoms with Crippen molar-refractivity contribution in [3.8, 4) is 0 Å². The summed E-state index contributed by atoms with van der Waals surface area (Å²) in [6, 6.07) is 0. The summed E-state index contributed by atoms with van der Waals surface area (Å²) >= 11 is 0. The summed E-state index contributed by atoms with van der Waals surface area (Å²) in [4.78, 5) is 0. The second-order valence-corrected chi connectivity index (χ2v) is 6.33. The van der Waals surface area contributed by atoms with E-state index in [1.807, 2.05) is 0 Å². The van der Waals surface area contributed by atoms with Crippen molar-refractivity contribution < 1.29 is 58.8 Å². The van der Waals surface area contributed by atoms with Crippen LogP contribution in [0, 0.1) is 0 Å². The van der Waals surface area contributed by atoms with Gasteiger partial charge >= 0.3 is 9.65 Å². The van der Waals surface area contributed by atoms with E-state index in [0.29, 0.717) is 0 Å². The van der Waals surface area contributed by atoms with Crippen molar-refractivity contribution in [3.63, 3.8) is 0 Å². The molecule has 2 saturated heterocycles. The molecule has 12 nitrogen and oxygen atoms in total. The fourth-order valence-corrected chi connectivity index (χ4v) is 3.02. The normalized spacial score (nSPS) is 47.6. The van der Waals surface area contributed by atoms with E-state index in [9.17, 15) is 35.1 Å². The fourth-order valence-electron chi connectivity index (χ4n) is 2.75. The largest absolute Gasteiger partial charge is 0.523 e.